The average molecular weight is 242 g/mol. The second-order valence-electron chi connectivity index (χ2n) is 6.28. The molecule has 17 heavy (non-hydrogen) atoms. The Bertz CT molecular complexity index is 211. The van der Waals surface area contributed by atoms with Crippen molar-refractivity contribution in [3.63, 3.8) is 0 Å². The van der Waals surface area contributed by atoms with Gasteiger partial charge in [0.05, 0.1) is 6.10 Å². The summed E-state index contributed by atoms with van der Waals surface area (Å²) in [5.41, 5.74) is 6.42. The first-order valence-electron chi connectivity index (χ1n) is 7.03. The van der Waals surface area contributed by atoms with Crippen molar-refractivity contribution in [3.8, 4) is 0 Å². The van der Waals surface area contributed by atoms with Crippen LogP contribution in [0.3, 0.4) is 0 Å². The average Bonchev–Trinajstić information content (AvgIpc) is 2.25. The SMILES string of the molecule is CCOC1CCCN(CCC(N)C(C)(C)C)C1. The first-order valence-corrected chi connectivity index (χ1v) is 7.03. The molecule has 1 heterocycles. The number of hydrogen-bond acceptors (Lipinski definition) is 3. The number of ether oxygens (including phenoxy) is 1. The predicted molar refractivity (Wildman–Crippen MR) is 73.1 cm³/mol. The van der Waals surface area contributed by atoms with Crippen molar-refractivity contribution in [2.75, 3.05) is 26.2 Å². The van der Waals surface area contributed by atoms with Crippen LogP contribution < -0.4 is 5.73 Å². The molecule has 0 aromatic rings. The van der Waals surface area contributed by atoms with Gasteiger partial charge in [0.2, 0.25) is 0 Å². The van der Waals surface area contributed by atoms with Crippen molar-refractivity contribution in [1.29, 1.82) is 0 Å². The first kappa shape index (κ1) is 14.9. The Kier molecular flexibility index (Phi) is 5.90. The fraction of sp³-hybridized carbons (Fsp3) is 1.00. The zero-order valence-corrected chi connectivity index (χ0v) is 12.0. The lowest BCUT2D eigenvalue weighted by molar-refractivity contribution is 0.00454. The lowest BCUT2D eigenvalue weighted by Crippen LogP contribution is -2.43. The van der Waals surface area contributed by atoms with Gasteiger partial charge in [-0.05, 0) is 44.7 Å². The first-order chi connectivity index (χ1) is 7.93. The van der Waals surface area contributed by atoms with Crippen LogP contribution in [0.25, 0.3) is 0 Å². The molecule has 0 spiro atoms. The van der Waals surface area contributed by atoms with Gasteiger partial charge in [-0.15, -0.1) is 0 Å². The van der Waals surface area contributed by atoms with Gasteiger partial charge in [0.15, 0.2) is 0 Å². The molecule has 0 aromatic carbocycles. The van der Waals surface area contributed by atoms with E-state index >= 15 is 0 Å². The molecule has 1 aliphatic heterocycles. The van der Waals surface area contributed by atoms with Crippen molar-refractivity contribution in [2.45, 2.75) is 59.1 Å². The third kappa shape index (κ3) is 5.36. The maximum atomic E-state index is 6.20. The maximum Gasteiger partial charge on any atom is 0.0702 e. The van der Waals surface area contributed by atoms with Crippen LogP contribution in [0.4, 0.5) is 0 Å². The minimum atomic E-state index is 0.217. The summed E-state index contributed by atoms with van der Waals surface area (Å²) in [6.45, 7) is 13.0. The van der Waals surface area contributed by atoms with Crippen molar-refractivity contribution in [1.82, 2.24) is 4.90 Å². The van der Waals surface area contributed by atoms with Crippen LogP contribution in [0.1, 0.15) is 47.0 Å². The lowest BCUT2D eigenvalue weighted by atomic mass is 9.85. The third-order valence-electron chi connectivity index (χ3n) is 3.73. The summed E-state index contributed by atoms with van der Waals surface area (Å²) in [5.74, 6) is 0. The Morgan fingerprint density at radius 1 is 1.41 bits per heavy atom. The van der Waals surface area contributed by atoms with Crippen molar-refractivity contribution in [2.24, 2.45) is 11.1 Å². The molecule has 1 saturated heterocycles. The number of nitrogens with zero attached hydrogens (tertiary/aromatic N) is 1. The number of hydrogen-bond donors (Lipinski definition) is 1. The van der Waals surface area contributed by atoms with Gasteiger partial charge in [-0.3, -0.25) is 0 Å². The van der Waals surface area contributed by atoms with Crippen LogP contribution in [-0.4, -0.2) is 43.3 Å². The zero-order chi connectivity index (χ0) is 12.9. The van der Waals surface area contributed by atoms with Gasteiger partial charge in [-0.25, -0.2) is 0 Å². The minimum absolute atomic E-state index is 0.217. The highest BCUT2D eigenvalue weighted by Gasteiger charge is 2.23. The van der Waals surface area contributed by atoms with Crippen LogP contribution >= 0.6 is 0 Å². The fourth-order valence-electron chi connectivity index (χ4n) is 2.34. The van der Waals surface area contributed by atoms with Crippen molar-refractivity contribution >= 4 is 0 Å². The van der Waals surface area contributed by atoms with E-state index in [9.17, 15) is 0 Å². The molecule has 3 heteroatoms. The molecule has 0 amide bonds. The molecular weight excluding hydrogens is 212 g/mol. The normalized spacial score (nSPS) is 24.9. The molecule has 3 nitrogen and oxygen atoms in total. The number of likely N-dealkylation sites (tertiary alicyclic amines) is 1. The van der Waals surface area contributed by atoms with E-state index < -0.39 is 0 Å². The molecule has 0 aromatic heterocycles. The predicted octanol–water partition coefficient (Wildman–Crippen LogP) is 2.25. The van der Waals surface area contributed by atoms with E-state index in [2.05, 4.69) is 32.6 Å². The Morgan fingerprint density at radius 2 is 2.12 bits per heavy atom. The number of piperidine rings is 1. The Balaban J connectivity index is 2.27. The van der Waals surface area contributed by atoms with E-state index in [4.69, 9.17) is 10.5 Å². The van der Waals surface area contributed by atoms with Gasteiger partial charge in [-0.1, -0.05) is 20.8 Å². The van der Waals surface area contributed by atoms with E-state index in [1.807, 2.05) is 0 Å². The second kappa shape index (κ2) is 6.72. The van der Waals surface area contributed by atoms with E-state index in [0.717, 1.165) is 26.1 Å². The number of nitrogens with two attached hydrogens (primary N) is 1. The third-order valence-corrected chi connectivity index (χ3v) is 3.73. The van der Waals surface area contributed by atoms with Gasteiger partial charge < -0.3 is 15.4 Å². The Hall–Kier alpha value is -0.120. The molecule has 1 fully saturated rings. The maximum absolute atomic E-state index is 6.20. The lowest BCUT2D eigenvalue weighted by Gasteiger charge is -2.34. The summed E-state index contributed by atoms with van der Waals surface area (Å²) < 4.78 is 5.71. The molecule has 1 rings (SSSR count). The molecule has 2 unspecified atom stereocenters. The molecule has 2 N–H and O–H groups in total. The highest BCUT2D eigenvalue weighted by molar-refractivity contribution is 4.80. The summed E-state index contributed by atoms with van der Waals surface area (Å²) in [6, 6.07) is 0.287. The quantitative estimate of drug-likeness (QED) is 0.803. The highest BCUT2D eigenvalue weighted by Crippen LogP contribution is 2.21. The topological polar surface area (TPSA) is 38.5 Å². The van der Waals surface area contributed by atoms with Gasteiger partial charge in [0, 0.05) is 19.2 Å². The van der Waals surface area contributed by atoms with E-state index in [1.54, 1.807) is 0 Å². The van der Waals surface area contributed by atoms with E-state index in [0.29, 0.717) is 6.10 Å². The molecule has 0 aliphatic carbocycles. The monoisotopic (exact) mass is 242 g/mol. The molecule has 0 saturated carbocycles. The van der Waals surface area contributed by atoms with Gasteiger partial charge in [0.25, 0.3) is 0 Å². The number of rotatable bonds is 5. The minimum Gasteiger partial charge on any atom is -0.377 e. The van der Waals surface area contributed by atoms with Gasteiger partial charge in [-0.2, -0.15) is 0 Å². The Morgan fingerprint density at radius 3 is 2.71 bits per heavy atom. The molecule has 1 aliphatic rings. The second-order valence-corrected chi connectivity index (χ2v) is 6.28. The molecular formula is C14H30N2O. The summed E-state index contributed by atoms with van der Waals surface area (Å²) in [7, 11) is 0. The van der Waals surface area contributed by atoms with Crippen molar-refractivity contribution < 1.29 is 4.74 Å². The van der Waals surface area contributed by atoms with Gasteiger partial charge >= 0.3 is 0 Å². The largest absolute Gasteiger partial charge is 0.377 e. The smallest absolute Gasteiger partial charge is 0.0702 e. The molecule has 0 bridgehead atoms. The van der Waals surface area contributed by atoms with Crippen LogP contribution in [0.2, 0.25) is 0 Å². The summed E-state index contributed by atoms with van der Waals surface area (Å²) in [6.07, 6.45) is 4.01. The molecule has 0 radical (unpaired) electrons. The highest BCUT2D eigenvalue weighted by atomic mass is 16.5. The van der Waals surface area contributed by atoms with Crippen molar-refractivity contribution in [3.05, 3.63) is 0 Å². The molecule has 2 atom stereocenters. The zero-order valence-electron chi connectivity index (χ0n) is 12.0. The van der Waals surface area contributed by atoms with E-state index in [1.165, 1.54) is 19.4 Å². The van der Waals surface area contributed by atoms with Crippen LogP contribution in [0.15, 0.2) is 0 Å². The summed E-state index contributed by atoms with van der Waals surface area (Å²) in [4.78, 5) is 2.51. The Labute approximate surface area is 107 Å². The van der Waals surface area contributed by atoms with Gasteiger partial charge in [0.1, 0.15) is 0 Å². The summed E-state index contributed by atoms with van der Waals surface area (Å²) >= 11 is 0. The standard InChI is InChI=1S/C14H30N2O/c1-5-17-12-7-6-9-16(11-12)10-8-13(15)14(2,3)4/h12-13H,5-11,15H2,1-4H3. The molecule has 102 valence electrons. The van der Waals surface area contributed by atoms with E-state index in [-0.39, 0.29) is 11.5 Å². The van der Waals surface area contributed by atoms with Crippen LogP contribution in [0.5, 0.6) is 0 Å². The van der Waals surface area contributed by atoms with Crippen LogP contribution in [0, 0.1) is 5.41 Å². The fourth-order valence-corrected chi connectivity index (χ4v) is 2.34. The summed E-state index contributed by atoms with van der Waals surface area (Å²) in [5, 5.41) is 0. The van der Waals surface area contributed by atoms with Crippen LogP contribution in [-0.2, 0) is 4.74 Å².